The van der Waals surface area contributed by atoms with E-state index in [9.17, 15) is 9.59 Å². The molecule has 38 heavy (non-hydrogen) atoms. The lowest BCUT2D eigenvalue weighted by molar-refractivity contribution is -0.132. The zero-order chi connectivity index (χ0) is 27.1. The van der Waals surface area contributed by atoms with Crippen molar-refractivity contribution in [2.75, 3.05) is 12.9 Å². The van der Waals surface area contributed by atoms with Crippen molar-refractivity contribution in [1.82, 2.24) is 20.2 Å². The molecule has 1 aromatic heterocycles. The monoisotopic (exact) mass is 569 g/mol. The minimum atomic E-state index is -0.457. The maximum atomic E-state index is 12.5. The van der Waals surface area contributed by atoms with Gasteiger partial charge in [0.25, 0.3) is 5.91 Å². The number of ether oxygens (including phenoxy) is 2. The molecule has 1 heterocycles. The van der Waals surface area contributed by atoms with E-state index in [1.807, 2.05) is 28.8 Å². The highest BCUT2D eigenvalue weighted by molar-refractivity contribution is 7.99. The van der Waals surface area contributed by atoms with E-state index < -0.39 is 5.97 Å². The molecule has 0 aliphatic carbocycles. The molecule has 0 aliphatic rings. The Morgan fingerprint density at radius 2 is 1.68 bits per heavy atom. The van der Waals surface area contributed by atoms with Crippen LogP contribution in [0.15, 0.2) is 77.0 Å². The van der Waals surface area contributed by atoms with Gasteiger partial charge in [-0.25, -0.2) is 5.43 Å². The van der Waals surface area contributed by atoms with E-state index in [2.05, 4.69) is 20.7 Å². The summed E-state index contributed by atoms with van der Waals surface area (Å²) in [4.78, 5) is 23.7. The molecule has 0 atom stereocenters. The van der Waals surface area contributed by atoms with Gasteiger partial charge in [-0.1, -0.05) is 35.0 Å². The number of hydrazone groups is 1. The Morgan fingerprint density at radius 1 is 1.00 bits per heavy atom. The van der Waals surface area contributed by atoms with Gasteiger partial charge in [-0.3, -0.25) is 14.2 Å². The zero-order valence-electron chi connectivity index (χ0n) is 20.2. The molecular weight excluding hydrogens is 549 g/mol. The van der Waals surface area contributed by atoms with Crippen LogP contribution in [0, 0.1) is 0 Å². The molecule has 9 nitrogen and oxygen atoms in total. The third-order valence-corrected chi connectivity index (χ3v) is 6.43. The molecule has 0 fully saturated rings. The molecule has 0 saturated carbocycles. The van der Waals surface area contributed by atoms with Crippen LogP contribution in [0.1, 0.15) is 12.5 Å². The van der Waals surface area contributed by atoms with Crippen molar-refractivity contribution in [2.45, 2.75) is 12.1 Å². The van der Waals surface area contributed by atoms with Gasteiger partial charge in [0, 0.05) is 28.2 Å². The highest BCUT2D eigenvalue weighted by Gasteiger charge is 2.17. The number of halogens is 2. The minimum absolute atomic E-state index is 0.0401. The first-order valence-corrected chi connectivity index (χ1v) is 12.9. The van der Waals surface area contributed by atoms with Crippen LogP contribution >= 0.6 is 35.0 Å². The lowest BCUT2D eigenvalue weighted by atomic mass is 10.2. The van der Waals surface area contributed by atoms with Gasteiger partial charge in [-0.2, -0.15) is 5.10 Å². The molecule has 1 amide bonds. The van der Waals surface area contributed by atoms with Crippen LogP contribution in [-0.2, 0) is 9.59 Å². The fourth-order valence-corrected chi connectivity index (χ4v) is 4.31. The number of nitrogens with one attached hydrogen (secondary N) is 1. The molecule has 12 heteroatoms. The number of esters is 1. The Labute approximate surface area is 232 Å². The second-order valence-corrected chi connectivity index (χ2v) is 9.53. The highest BCUT2D eigenvalue weighted by Crippen LogP contribution is 2.30. The lowest BCUT2D eigenvalue weighted by Gasteiger charge is -2.10. The van der Waals surface area contributed by atoms with Crippen molar-refractivity contribution in [1.29, 1.82) is 0 Å². The zero-order valence-corrected chi connectivity index (χ0v) is 22.5. The Hall–Kier alpha value is -3.86. The van der Waals surface area contributed by atoms with Crippen LogP contribution in [0.4, 0.5) is 0 Å². The van der Waals surface area contributed by atoms with Gasteiger partial charge in [0.15, 0.2) is 22.5 Å². The molecular formula is C26H21Cl2N5O4S. The van der Waals surface area contributed by atoms with E-state index in [4.69, 9.17) is 32.7 Å². The number of methoxy groups -OCH3 is 1. The Kier molecular flexibility index (Phi) is 9.01. The molecule has 0 aliphatic heterocycles. The molecule has 1 N–H and O–H groups in total. The number of aromatic nitrogens is 3. The van der Waals surface area contributed by atoms with E-state index in [1.54, 1.807) is 42.5 Å². The number of nitrogens with zero attached hydrogens (tertiary/aromatic N) is 4. The average molecular weight is 570 g/mol. The van der Waals surface area contributed by atoms with Gasteiger partial charge in [-0.15, -0.1) is 10.2 Å². The average Bonchev–Trinajstić information content (AvgIpc) is 3.32. The Morgan fingerprint density at radius 3 is 2.34 bits per heavy atom. The molecule has 0 bridgehead atoms. The van der Waals surface area contributed by atoms with Crippen molar-refractivity contribution in [2.24, 2.45) is 5.10 Å². The molecule has 0 spiro atoms. The van der Waals surface area contributed by atoms with Crippen LogP contribution in [0.5, 0.6) is 11.5 Å². The van der Waals surface area contributed by atoms with Crippen LogP contribution in [0.3, 0.4) is 0 Å². The minimum Gasteiger partial charge on any atom is -0.493 e. The van der Waals surface area contributed by atoms with E-state index in [0.717, 1.165) is 11.3 Å². The van der Waals surface area contributed by atoms with Crippen molar-refractivity contribution >= 4 is 53.1 Å². The van der Waals surface area contributed by atoms with E-state index >= 15 is 0 Å². The molecule has 0 radical (unpaired) electrons. The number of rotatable bonds is 9. The standard InChI is InChI=1S/C26H21Cl2N5O4S/c1-16(34)37-22-12-3-17(13-23(22)36-2)14-29-30-24(35)15-38-26-32-31-25(18-4-6-19(27)7-5-18)33(26)21-10-8-20(28)9-11-21/h3-14H,15H2,1-2H3,(H,30,35)/b29-14+. The number of hydrogen-bond donors (Lipinski definition) is 1. The first kappa shape index (κ1) is 27.2. The fraction of sp³-hybridized carbons (Fsp3) is 0.115. The summed E-state index contributed by atoms with van der Waals surface area (Å²) in [6, 6.07) is 19.4. The van der Waals surface area contributed by atoms with Gasteiger partial charge >= 0.3 is 5.97 Å². The predicted molar refractivity (Wildman–Crippen MR) is 148 cm³/mol. The summed E-state index contributed by atoms with van der Waals surface area (Å²) in [7, 11) is 1.46. The summed E-state index contributed by atoms with van der Waals surface area (Å²) in [5, 5.41) is 14.4. The lowest BCUT2D eigenvalue weighted by Crippen LogP contribution is -2.20. The predicted octanol–water partition coefficient (Wildman–Crippen LogP) is 5.42. The van der Waals surface area contributed by atoms with Crippen LogP contribution in [0.2, 0.25) is 10.0 Å². The van der Waals surface area contributed by atoms with Crippen molar-refractivity contribution in [3.63, 3.8) is 0 Å². The summed E-state index contributed by atoms with van der Waals surface area (Å²) in [5.41, 5.74) is 4.73. The SMILES string of the molecule is COc1cc(/C=N/NC(=O)CSc2nnc(-c3ccc(Cl)cc3)n2-c2ccc(Cl)cc2)ccc1OC(C)=O. The normalized spacial score (nSPS) is 10.9. The number of carbonyl (C=O) groups excluding carboxylic acids is 2. The molecule has 4 aromatic rings. The fourth-order valence-electron chi connectivity index (χ4n) is 3.32. The summed E-state index contributed by atoms with van der Waals surface area (Å²) < 4.78 is 12.2. The Balaban J connectivity index is 1.46. The summed E-state index contributed by atoms with van der Waals surface area (Å²) in [5.74, 6) is 0.494. The van der Waals surface area contributed by atoms with Gasteiger partial charge in [0.05, 0.1) is 19.1 Å². The molecule has 3 aromatic carbocycles. The number of hydrogen-bond acceptors (Lipinski definition) is 8. The first-order valence-electron chi connectivity index (χ1n) is 11.1. The van der Waals surface area contributed by atoms with Crippen LogP contribution < -0.4 is 14.9 Å². The topological polar surface area (TPSA) is 108 Å². The molecule has 0 unspecified atom stereocenters. The van der Waals surface area contributed by atoms with E-state index in [0.29, 0.717) is 38.1 Å². The van der Waals surface area contributed by atoms with Gasteiger partial charge in [-0.05, 0) is 72.3 Å². The van der Waals surface area contributed by atoms with Gasteiger partial charge < -0.3 is 9.47 Å². The second kappa shape index (κ2) is 12.6. The van der Waals surface area contributed by atoms with E-state index in [1.165, 1.54) is 32.0 Å². The number of thioether (sulfide) groups is 1. The van der Waals surface area contributed by atoms with Crippen LogP contribution in [-0.4, -0.2) is 45.7 Å². The second-order valence-electron chi connectivity index (χ2n) is 7.71. The van der Waals surface area contributed by atoms with Crippen LogP contribution in [0.25, 0.3) is 17.1 Å². The molecule has 0 saturated heterocycles. The van der Waals surface area contributed by atoms with Crippen molar-refractivity contribution in [3.8, 4) is 28.6 Å². The number of amides is 1. The highest BCUT2D eigenvalue weighted by atomic mass is 35.5. The first-order chi connectivity index (χ1) is 18.3. The maximum Gasteiger partial charge on any atom is 0.308 e. The Bertz CT molecular complexity index is 1470. The summed E-state index contributed by atoms with van der Waals surface area (Å²) >= 11 is 13.3. The summed E-state index contributed by atoms with van der Waals surface area (Å²) in [6.45, 7) is 1.30. The number of carbonyl (C=O) groups is 2. The third kappa shape index (κ3) is 6.91. The third-order valence-electron chi connectivity index (χ3n) is 5.00. The number of benzene rings is 3. The molecule has 194 valence electrons. The summed E-state index contributed by atoms with van der Waals surface area (Å²) in [6.07, 6.45) is 1.46. The van der Waals surface area contributed by atoms with Crippen molar-refractivity contribution in [3.05, 3.63) is 82.3 Å². The molecule has 4 rings (SSSR count). The van der Waals surface area contributed by atoms with Gasteiger partial charge in [0.2, 0.25) is 0 Å². The quantitative estimate of drug-likeness (QED) is 0.0942. The largest absolute Gasteiger partial charge is 0.493 e. The van der Waals surface area contributed by atoms with Gasteiger partial charge in [0.1, 0.15) is 0 Å². The maximum absolute atomic E-state index is 12.5. The van der Waals surface area contributed by atoms with Crippen molar-refractivity contribution < 1.29 is 19.1 Å². The smallest absolute Gasteiger partial charge is 0.308 e. The van der Waals surface area contributed by atoms with E-state index in [-0.39, 0.29) is 11.7 Å².